The Labute approximate surface area is 93.2 Å². The second-order valence-corrected chi connectivity index (χ2v) is 4.19. The smallest absolute Gasteiger partial charge is 0.307 e. The van der Waals surface area contributed by atoms with Crippen molar-refractivity contribution >= 4 is 23.6 Å². The van der Waals surface area contributed by atoms with E-state index in [1.807, 2.05) is 36.4 Å². The molecule has 78 valence electrons. The van der Waals surface area contributed by atoms with Crippen molar-refractivity contribution in [3.05, 3.63) is 40.9 Å². The summed E-state index contributed by atoms with van der Waals surface area (Å²) in [5.74, 6) is -0.683. The highest BCUT2D eigenvalue weighted by Gasteiger charge is 2.40. The quantitative estimate of drug-likeness (QED) is 0.854. The summed E-state index contributed by atoms with van der Waals surface area (Å²) < 4.78 is 0. The zero-order valence-electron chi connectivity index (χ0n) is 8.06. The Kier molecular flexibility index (Phi) is 2.78. The molecule has 2 atom stereocenters. The zero-order chi connectivity index (χ0) is 10.8. The van der Waals surface area contributed by atoms with E-state index in [-0.39, 0.29) is 11.8 Å². The molecule has 1 aliphatic rings. The van der Waals surface area contributed by atoms with Gasteiger partial charge >= 0.3 is 5.97 Å². The van der Waals surface area contributed by atoms with Crippen LogP contribution in [0.1, 0.15) is 12.0 Å². The summed E-state index contributed by atoms with van der Waals surface area (Å²) in [5.41, 5.74) is 1.01. The number of hydrogen-bond acceptors (Lipinski definition) is 1. The topological polar surface area (TPSA) is 37.3 Å². The molecule has 0 bridgehead atoms. The van der Waals surface area contributed by atoms with Crippen LogP contribution in [-0.2, 0) is 4.79 Å². The van der Waals surface area contributed by atoms with Crippen LogP contribution in [-0.4, -0.2) is 11.1 Å². The summed E-state index contributed by atoms with van der Waals surface area (Å²) >= 11 is 5.83. The highest BCUT2D eigenvalue weighted by Crippen LogP contribution is 2.40. The van der Waals surface area contributed by atoms with Crippen molar-refractivity contribution in [2.45, 2.75) is 6.42 Å². The Bertz CT molecular complexity index is 412. The molecule has 0 saturated heterocycles. The molecule has 1 aromatic carbocycles. The van der Waals surface area contributed by atoms with Gasteiger partial charge in [-0.25, -0.2) is 0 Å². The van der Waals surface area contributed by atoms with E-state index in [1.165, 1.54) is 0 Å². The Morgan fingerprint density at radius 3 is 2.93 bits per heavy atom. The molecule has 0 amide bonds. The summed E-state index contributed by atoms with van der Waals surface area (Å²) in [6, 6.07) is 7.50. The molecule has 1 fully saturated rings. The Morgan fingerprint density at radius 2 is 2.33 bits per heavy atom. The highest BCUT2D eigenvalue weighted by atomic mass is 35.5. The van der Waals surface area contributed by atoms with Crippen LogP contribution < -0.4 is 0 Å². The minimum Gasteiger partial charge on any atom is -0.481 e. The number of halogens is 1. The number of hydrogen-bond donors (Lipinski definition) is 1. The first-order valence-corrected chi connectivity index (χ1v) is 5.21. The van der Waals surface area contributed by atoms with Crippen molar-refractivity contribution in [2.75, 3.05) is 0 Å². The van der Waals surface area contributed by atoms with Crippen LogP contribution in [0, 0.1) is 11.8 Å². The van der Waals surface area contributed by atoms with Gasteiger partial charge in [0.1, 0.15) is 0 Å². The number of carboxylic acid groups (broad SMARTS) is 1. The third kappa shape index (κ3) is 2.60. The zero-order valence-corrected chi connectivity index (χ0v) is 8.82. The standard InChI is InChI=1S/C12H11ClO2/c13-10-3-1-2-8(6-10)4-5-9-7-11(9)12(14)15/h1-6,9,11H,7H2,(H,14,15)/b5-4+/t9-,11-/m1/s1. The molecule has 1 aromatic rings. The first-order valence-electron chi connectivity index (χ1n) is 4.83. The fraction of sp³-hybridized carbons (Fsp3) is 0.250. The van der Waals surface area contributed by atoms with Gasteiger partial charge in [-0.15, -0.1) is 0 Å². The Morgan fingerprint density at radius 1 is 1.53 bits per heavy atom. The monoisotopic (exact) mass is 222 g/mol. The van der Waals surface area contributed by atoms with E-state index in [0.717, 1.165) is 12.0 Å². The van der Waals surface area contributed by atoms with Gasteiger partial charge < -0.3 is 5.11 Å². The summed E-state index contributed by atoms with van der Waals surface area (Å²) in [5, 5.41) is 9.41. The van der Waals surface area contributed by atoms with Crippen molar-refractivity contribution in [3.63, 3.8) is 0 Å². The van der Waals surface area contributed by atoms with Crippen LogP contribution in [0.15, 0.2) is 30.3 Å². The lowest BCUT2D eigenvalue weighted by Gasteiger charge is -1.93. The largest absolute Gasteiger partial charge is 0.481 e. The molecule has 0 radical (unpaired) electrons. The van der Waals surface area contributed by atoms with E-state index in [2.05, 4.69) is 0 Å². The van der Waals surface area contributed by atoms with E-state index in [0.29, 0.717) is 5.02 Å². The van der Waals surface area contributed by atoms with Crippen LogP contribution in [0.5, 0.6) is 0 Å². The lowest BCUT2D eigenvalue weighted by molar-refractivity contribution is -0.138. The summed E-state index contributed by atoms with van der Waals surface area (Å²) in [4.78, 5) is 10.6. The van der Waals surface area contributed by atoms with Gasteiger partial charge in [-0.1, -0.05) is 35.9 Å². The van der Waals surface area contributed by atoms with Crippen LogP contribution >= 0.6 is 11.6 Å². The lowest BCUT2D eigenvalue weighted by Crippen LogP contribution is -1.97. The second-order valence-electron chi connectivity index (χ2n) is 3.76. The van der Waals surface area contributed by atoms with Crippen molar-refractivity contribution in [1.29, 1.82) is 0 Å². The van der Waals surface area contributed by atoms with E-state index >= 15 is 0 Å². The third-order valence-corrected chi connectivity index (χ3v) is 2.78. The Balaban J connectivity index is 1.98. The van der Waals surface area contributed by atoms with Gasteiger partial charge in [0.2, 0.25) is 0 Å². The molecular weight excluding hydrogens is 212 g/mol. The second kappa shape index (κ2) is 4.07. The maximum atomic E-state index is 10.6. The average molecular weight is 223 g/mol. The predicted octanol–water partition coefficient (Wildman–Crippen LogP) is 3.07. The lowest BCUT2D eigenvalue weighted by atomic mass is 10.2. The number of rotatable bonds is 3. The van der Waals surface area contributed by atoms with E-state index in [9.17, 15) is 4.79 Å². The summed E-state index contributed by atoms with van der Waals surface area (Å²) in [6.45, 7) is 0. The molecule has 0 aromatic heterocycles. The molecule has 3 heteroatoms. The fourth-order valence-electron chi connectivity index (χ4n) is 1.56. The van der Waals surface area contributed by atoms with Crippen molar-refractivity contribution in [1.82, 2.24) is 0 Å². The molecule has 0 spiro atoms. The molecule has 1 N–H and O–H groups in total. The minimum absolute atomic E-state index is 0.180. The first kappa shape index (κ1) is 10.2. The number of benzene rings is 1. The van der Waals surface area contributed by atoms with E-state index < -0.39 is 5.97 Å². The molecule has 2 nitrogen and oxygen atoms in total. The van der Waals surface area contributed by atoms with E-state index in [1.54, 1.807) is 0 Å². The SMILES string of the molecule is O=C(O)[C@@H]1C[C@H]1/C=C/c1cccc(Cl)c1. The normalized spacial score (nSPS) is 24.3. The van der Waals surface area contributed by atoms with Crippen molar-refractivity contribution in [3.8, 4) is 0 Å². The number of carboxylic acids is 1. The highest BCUT2D eigenvalue weighted by molar-refractivity contribution is 6.30. The molecule has 1 aliphatic carbocycles. The number of aliphatic carboxylic acids is 1. The van der Waals surface area contributed by atoms with Crippen LogP contribution in [0.4, 0.5) is 0 Å². The van der Waals surface area contributed by atoms with Crippen LogP contribution in [0.25, 0.3) is 6.08 Å². The minimum atomic E-state index is -0.698. The van der Waals surface area contributed by atoms with Crippen molar-refractivity contribution < 1.29 is 9.90 Å². The molecule has 0 aliphatic heterocycles. The number of allylic oxidation sites excluding steroid dienone is 1. The third-order valence-electron chi connectivity index (χ3n) is 2.54. The molecule has 1 saturated carbocycles. The average Bonchev–Trinajstić information content (AvgIpc) is 2.94. The number of carbonyl (C=O) groups is 1. The first-order chi connectivity index (χ1) is 7.16. The predicted molar refractivity (Wildman–Crippen MR) is 59.7 cm³/mol. The summed E-state index contributed by atoms with van der Waals surface area (Å²) in [7, 11) is 0. The maximum Gasteiger partial charge on any atom is 0.307 e. The summed E-state index contributed by atoms with van der Waals surface area (Å²) in [6.07, 6.45) is 4.64. The van der Waals surface area contributed by atoms with Gasteiger partial charge in [-0.3, -0.25) is 4.79 Å². The maximum absolute atomic E-state index is 10.6. The Hall–Kier alpha value is -1.28. The molecule has 15 heavy (non-hydrogen) atoms. The van der Waals surface area contributed by atoms with Gasteiger partial charge in [0, 0.05) is 5.02 Å². The fourth-order valence-corrected chi connectivity index (χ4v) is 1.75. The van der Waals surface area contributed by atoms with Gasteiger partial charge in [0.15, 0.2) is 0 Å². The molecule has 2 rings (SSSR count). The van der Waals surface area contributed by atoms with Gasteiger partial charge in [-0.05, 0) is 30.0 Å². The molecular formula is C12H11ClO2. The van der Waals surface area contributed by atoms with Gasteiger partial charge in [0.05, 0.1) is 5.92 Å². The van der Waals surface area contributed by atoms with Gasteiger partial charge in [0.25, 0.3) is 0 Å². The molecule has 0 heterocycles. The van der Waals surface area contributed by atoms with Gasteiger partial charge in [-0.2, -0.15) is 0 Å². The van der Waals surface area contributed by atoms with Crippen LogP contribution in [0.2, 0.25) is 5.02 Å². The van der Waals surface area contributed by atoms with E-state index in [4.69, 9.17) is 16.7 Å². The molecule has 0 unspecified atom stereocenters. The van der Waals surface area contributed by atoms with Crippen LogP contribution in [0.3, 0.4) is 0 Å². The van der Waals surface area contributed by atoms with Crippen molar-refractivity contribution in [2.24, 2.45) is 11.8 Å².